The van der Waals surface area contributed by atoms with Crippen molar-refractivity contribution >= 4 is 11.9 Å². The van der Waals surface area contributed by atoms with E-state index in [2.05, 4.69) is 26.8 Å². The molecule has 1 atom stereocenters. The molecular weight excluding hydrogens is 280 g/mol. The minimum Gasteiger partial charge on any atom is -0.468 e. The van der Waals surface area contributed by atoms with E-state index in [1.54, 1.807) is 0 Å². The first kappa shape index (κ1) is 18.5. The summed E-state index contributed by atoms with van der Waals surface area (Å²) in [4.78, 5) is 23.7. The van der Waals surface area contributed by atoms with Crippen LogP contribution in [0, 0.1) is 17.3 Å². The highest BCUT2D eigenvalue weighted by atomic mass is 16.5. The third kappa shape index (κ3) is 4.21. The Morgan fingerprint density at radius 2 is 1.73 bits per heavy atom. The first-order valence-corrected chi connectivity index (χ1v) is 7.78. The molecule has 0 aromatic rings. The Balaban J connectivity index is 3.00. The molecule has 0 bridgehead atoms. The Morgan fingerprint density at radius 3 is 2.18 bits per heavy atom. The van der Waals surface area contributed by atoms with E-state index in [0.717, 1.165) is 12.8 Å². The van der Waals surface area contributed by atoms with Crippen molar-refractivity contribution in [3.8, 4) is 0 Å². The molecule has 0 spiro atoms. The Bertz CT molecular complexity index is 469. The molecular formula is C18H28O4. The van der Waals surface area contributed by atoms with Crippen molar-refractivity contribution in [1.29, 1.82) is 0 Å². The van der Waals surface area contributed by atoms with Gasteiger partial charge in [-0.2, -0.15) is 0 Å². The van der Waals surface area contributed by atoms with E-state index in [4.69, 9.17) is 9.47 Å². The topological polar surface area (TPSA) is 52.6 Å². The smallest absolute Gasteiger partial charge is 0.320 e. The van der Waals surface area contributed by atoms with Crippen molar-refractivity contribution in [2.75, 3.05) is 14.2 Å². The number of rotatable bonds is 5. The summed E-state index contributed by atoms with van der Waals surface area (Å²) in [7, 11) is 2.57. The van der Waals surface area contributed by atoms with E-state index in [9.17, 15) is 9.59 Å². The number of allylic oxidation sites excluding steroid dienone is 4. The molecule has 0 unspecified atom stereocenters. The zero-order chi connectivity index (χ0) is 16.9. The monoisotopic (exact) mass is 308 g/mol. The van der Waals surface area contributed by atoms with E-state index >= 15 is 0 Å². The molecule has 0 amide bonds. The summed E-state index contributed by atoms with van der Waals surface area (Å²) in [5.41, 5.74) is 2.82. The number of hydrogen-bond donors (Lipinski definition) is 0. The van der Waals surface area contributed by atoms with Crippen molar-refractivity contribution in [2.24, 2.45) is 17.3 Å². The quantitative estimate of drug-likeness (QED) is 0.574. The summed E-state index contributed by atoms with van der Waals surface area (Å²) >= 11 is 0. The molecule has 1 aliphatic rings. The average Bonchev–Trinajstić information content (AvgIpc) is 2.45. The van der Waals surface area contributed by atoms with Crippen LogP contribution < -0.4 is 0 Å². The van der Waals surface area contributed by atoms with Gasteiger partial charge in [0, 0.05) is 0 Å². The van der Waals surface area contributed by atoms with Gasteiger partial charge in [-0.3, -0.25) is 9.59 Å². The van der Waals surface area contributed by atoms with Gasteiger partial charge in [0.05, 0.1) is 14.2 Å². The zero-order valence-electron chi connectivity index (χ0n) is 14.6. The Morgan fingerprint density at radius 1 is 1.18 bits per heavy atom. The van der Waals surface area contributed by atoms with Crippen LogP contribution in [0.15, 0.2) is 23.3 Å². The van der Waals surface area contributed by atoms with Gasteiger partial charge in [0.25, 0.3) is 0 Å². The molecule has 0 aromatic carbocycles. The van der Waals surface area contributed by atoms with Gasteiger partial charge in [0.1, 0.15) is 0 Å². The summed E-state index contributed by atoms with van der Waals surface area (Å²) < 4.78 is 9.45. The fourth-order valence-electron chi connectivity index (χ4n) is 3.15. The predicted octanol–water partition coefficient (Wildman–Crippen LogP) is 3.67. The first-order chi connectivity index (χ1) is 10.2. The lowest BCUT2D eigenvalue weighted by molar-refractivity contribution is -0.160. The maximum Gasteiger partial charge on any atom is 0.320 e. The van der Waals surface area contributed by atoms with Gasteiger partial charge in [0.15, 0.2) is 5.92 Å². The van der Waals surface area contributed by atoms with Crippen molar-refractivity contribution in [3.63, 3.8) is 0 Å². The van der Waals surface area contributed by atoms with Crippen molar-refractivity contribution < 1.29 is 19.1 Å². The van der Waals surface area contributed by atoms with Crippen LogP contribution in [0.5, 0.6) is 0 Å². The summed E-state index contributed by atoms with van der Waals surface area (Å²) in [6.45, 7) is 8.46. The van der Waals surface area contributed by atoms with Gasteiger partial charge in [-0.15, -0.1) is 0 Å². The number of hydrogen-bond acceptors (Lipinski definition) is 4. The summed E-state index contributed by atoms with van der Waals surface area (Å²) in [6.07, 6.45) is 7.45. The second-order valence-corrected chi connectivity index (χ2v) is 6.67. The van der Waals surface area contributed by atoms with E-state index in [1.807, 2.05) is 13.0 Å². The van der Waals surface area contributed by atoms with E-state index in [1.165, 1.54) is 31.8 Å². The van der Waals surface area contributed by atoms with E-state index in [-0.39, 0.29) is 11.3 Å². The number of ether oxygens (including phenoxy) is 2. The lowest BCUT2D eigenvalue weighted by atomic mass is 9.72. The molecule has 1 aliphatic carbocycles. The summed E-state index contributed by atoms with van der Waals surface area (Å²) in [5.74, 6) is -2.31. The highest BCUT2D eigenvalue weighted by molar-refractivity contribution is 5.95. The summed E-state index contributed by atoms with van der Waals surface area (Å²) in [5, 5.41) is 0. The second-order valence-electron chi connectivity index (χ2n) is 6.67. The molecule has 124 valence electrons. The Kier molecular flexibility index (Phi) is 6.39. The molecule has 4 nitrogen and oxygen atoms in total. The Labute approximate surface area is 133 Å². The molecule has 0 N–H and O–H groups in total. The van der Waals surface area contributed by atoms with Crippen LogP contribution in [0.1, 0.15) is 47.0 Å². The predicted molar refractivity (Wildman–Crippen MR) is 86.2 cm³/mol. The maximum absolute atomic E-state index is 11.8. The molecule has 0 radical (unpaired) electrons. The van der Waals surface area contributed by atoms with Crippen molar-refractivity contribution in [1.82, 2.24) is 0 Å². The van der Waals surface area contributed by atoms with E-state index in [0.29, 0.717) is 0 Å². The van der Waals surface area contributed by atoms with Crippen LogP contribution in [-0.2, 0) is 19.1 Å². The third-order valence-electron chi connectivity index (χ3n) is 4.54. The van der Waals surface area contributed by atoms with Gasteiger partial charge in [-0.25, -0.2) is 0 Å². The third-order valence-corrected chi connectivity index (χ3v) is 4.54. The molecule has 0 heterocycles. The fourth-order valence-corrected chi connectivity index (χ4v) is 3.15. The van der Waals surface area contributed by atoms with Crippen LogP contribution in [0.3, 0.4) is 0 Å². The minimum absolute atomic E-state index is 0.130. The first-order valence-electron chi connectivity index (χ1n) is 7.78. The van der Waals surface area contributed by atoms with Crippen LogP contribution >= 0.6 is 0 Å². The van der Waals surface area contributed by atoms with Gasteiger partial charge in [0.2, 0.25) is 0 Å². The molecule has 0 saturated heterocycles. The van der Waals surface area contributed by atoms with E-state index < -0.39 is 17.9 Å². The van der Waals surface area contributed by atoms with Crippen molar-refractivity contribution in [2.45, 2.75) is 47.0 Å². The molecule has 0 saturated carbocycles. The number of methoxy groups -OCH3 is 2. The standard InChI is InChI=1S/C18H28O4/c1-12-8-7-11-18(3,4)14(12)10-9-13(2)15(16(19)21-5)17(20)22-6/h9-10,13,15H,7-8,11H2,1-6H3/b10-9+/t13-/m1/s1. The van der Waals surface area contributed by atoms with Crippen LogP contribution in [0.2, 0.25) is 0 Å². The number of carbonyl (C=O) groups is 2. The lowest BCUT2D eigenvalue weighted by Gasteiger charge is -2.33. The average molecular weight is 308 g/mol. The van der Waals surface area contributed by atoms with Crippen LogP contribution in [-0.4, -0.2) is 26.2 Å². The molecule has 0 aromatic heterocycles. The summed E-state index contributed by atoms with van der Waals surface area (Å²) in [6, 6.07) is 0. The van der Waals surface area contributed by atoms with Crippen LogP contribution in [0.25, 0.3) is 0 Å². The lowest BCUT2D eigenvalue weighted by Crippen LogP contribution is -2.31. The normalized spacial score (nSPS) is 19.4. The molecule has 0 fully saturated rings. The highest BCUT2D eigenvalue weighted by Crippen LogP contribution is 2.41. The molecule has 0 aliphatic heterocycles. The zero-order valence-corrected chi connectivity index (χ0v) is 14.6. The van der Waals surface area contributed by atoms with Gasteiger partial charge in [-0.1, -0.05) is 38.5 Å². The van der Waals surface area contributed by atoms with Gasteiger partial charge < -0.3 is 9.47 Å². The number of carbonyl (C=O) groups excluding carboxylic acids is 2. The molecule has 1 rings (SSSR count). The largest absolute Gasteiger partial charge is 0.468 e. The Hall–Kier alpha value is -1.58. The highest BCUT2D eigenvalue weighted by Gasteiger charge is 2.33. The molecule has 22 heavy (non-hydrogen) atoms. The van der Waals surface area contributed by atoms with Gasteiger partial charge in [-0.05, 0) is 43.1 Å². The maximum atomic E-state index is 11.8. The van der Waals surface area contributed by atoms with Gasteiger partial charge >= 0.3 is 11.9 Å². The SMILES string of the molecule is COC(=O)C(C(=O)OC)[C@H](C)/C=C/C1=C(C)CCCC1(C)C. The number of esters is 2. The minimum atomic E-state index is -0.918. The molecule has 4 heteroatoms. The second kappa shape index (κ2) is 7.61. The van der Waals surface area contributed by atoms with Crippen LogP contribution in [0.4, 0.5) is 0 Å². The fraction of sp³-hybridized carbons (Fsp3) is 0.667. The van der Waals surface area contributed by atoms with Crippen molar-refractivity contribution in [3.05, 3.63) is 23.3 Å².